The number of nitrogens with zero attached hydrogens (tertiary/aromatic N) is 4. The Morgan fingerprint density at radius 3 is 2.78 bits per heavy atom. The van der Waals surface area contributed by atoms with E-state index in [0.29, 0.717) is 30.7 Å². The summed E-state index contributed by atoms with van der Waals surface area (Å²) in [6.07, 6.45) is 3.70. The van der Waals surface area contributed by atoms with Gasteiger partial charge in [-0.05, 0) is 32.9 Å². The van der Waals surface area contributed by atoms with Gasteiger partial charge in [0, 0.05) is 13.1 Å². The van der Waals surface area contributed by atoms with E-state index in [9.17, 15) is 9.59 Å². The molecule has 0 aliphatic carbocycles. The van der Waals surface area contributed by atoms with E-state index in [1.165, 1.54) is 35.9 Å². The number of carbonyl (C=O) groups excluding carboxylic acids is 2. The Kier molecular flexibility index (Phi) is 5.16. The molecule has 126 valence electrons. The van der Waals surface area contributed by atoms with Gasteiger partial charge in [-0.15, -0.1) is 10.2 Å². The van der Waals surface area contributed by atoms with Crippen molar-refractivity contribution in [3.8, 4) is 0 Å². The van der Waals surface area contributed by atoms with Gasteiger partial charge < -0.3 is 9.73 Å². The number of hydrogen-bond donors (Lipinski definition) is 1. The number of urea groups is 1. The molecule has 0 unspecified atom stereocenters. The molecule has 2 fully saturated rings. The zero-order valence-electron chi connectivity index (χ0n) is 13.2. The highest BCUT2D eigenvalue weighted by molar-refractivity contribution is 8.00. The second-order valence-electron chi connectivity index (χ2n) is 5.78. The zero-order chi connectivity index (χ0) is 16.2. The molecule has 1 aromatic rings. The number of piperidine rings is 1. The van der Waals surface area contributed by atoms with E-state index in [-0.39, 0.29) is 11.9 Å². The van der Waals surface area contributed by atoms with E-state index in [1.54, 1.807) is 6.92 Å². The molecule has 0 aromatic carbocycles. The molecule has 0 radical (unpaired) electrons. The number of aromatic nitrogens is 2. The van der Waals surface area contributed by atoms with Crippen molar-refractivity contribution in [3.05, 3.63) is 5.89 Å². The third-order valence-corrected chi connectivity index (χ3v) is 4.93. The van der Waals surface area contributed by atoms with Crippen molar-refractivity contribution in [2.24, 2.45) is 0 Å². The summed E-state index contributed by atoms with van der Waals surface area (Å²) in [6.45, 7) is 5.43. The fourth-order valence-corrected chi connectivity index (χ4v) is 3.52. The largest absolute Gasteiger partial charge is 0.415 e. The number of imide groups is 1. The molecule has 8 nitrogen and oxygen atoms in total. The minimum atomic E-state index is -0.442. The summed E-state index contributed by atoms with van der Waals surface area (Å²) in [7, 11) is 0. The summed E-state index contributed by atoms with van der Waals surface area (Å²) in [5.74, 6) is 0.341. The first-order valence-corrected chi connectivity index (χ1v) is 8.82. The molecular weight excluding hydrogens is 318 g/mol. The molecule has 0 saturated carbocycles. The van der Waals surface area contributed by atoms with E-state index in [0.717, 1.165) is 13.1 Å². The van der Waals surface area contributed by atoms with Gasteiger partial charge in [-0.1, -0.05) is 18.2 Å². The van der Waals surface area contributed by atoms with E-state index in [2.05, 4.69) is 20.4 Å². The molecule has 1 N–H and O–H groups in total. The first-order chi connectivity index (χ1) is 11.1. The minimum absolute atomic E-state index is 0.235. The molecule has 1 aromatic heterocycles. The molecule has 1 atom stereocenters. The van der Waals surface area contributed by atoms with Crippen LogP contribution in [-0.2, 0) is 11.3 Å². The van der Waals surface area contributed by atoms with Gasteiger partial charge in [0.05, 0.1) is 11.8 Å². The van der Waals surface area contributed by atoms with Crippen LogP contribution in [0.1, 0.15) is 32.1 Å². The third kappa shape index (κ3) is 4.03. The van der Waals surface area contributed by atoms with Crippen molar-refractivity contribution in [3.63, 3.8) is 0 Å². The lowest BCUT2D eigenvalue weighted by atomic mass is 10.1. The van der Waals surface area contributed by atoms with Crippen LogP contribution in [0.25, 0.3) is 0 Å². The van der Waals surface area contributed by atoms with Crippen LogP contribution >= 0.6 is 11.8 Å². The second kappa shape index (κ2) is 7.31. The van der Waals surface area contributed by atoms with Crippen LogP contribution in [-0.4, -0.2) is 63.4 Å². The fraction of sp³-hybridized carbons (Fsp3) is 0.714. The molecule has 0 bridgehead atoms. The van der Waals surface area contributed by atoms with E-state index >= 15 is 0 Å². The first kappa shape index (κ1) is 16.3. The zero-order valence-corrected chi connectivity index (χ0v) is 14.0. The average molecular weight is 339 g/mol. The van der Waals surface area contributed by atoms with Crippen LogP contribution in [0.2, 0.25) is 0 Å². The highest BCUT2D eigenvalue weighted by Gasteiger charge is 2.31. The van der Waals surface area contributed by atoms with Crippen LogP contribution in [0, 0.1) is 0 Å². The van der Waals surface area contributed by atoms with Gasteiger partial charge in [0.25, 0.3) is 5.22 Å². The lowest BCUT2D eigenvalue weighted by Gasteiger charge is -2.24. The van der Waals surface area contributed by atoms with Crippen LogP contribution < -0.4 is 5.32 Å². The summed E-state index contributed by atoms with van der Waals surface area (Å²) in [6, 6.07) is -0.334. The van der Waals surface area contributed by atoms with Gasteiger partial charge in [0.1, 0.15) is 0 Å². The number of nitrogens with one attached hydrogen (secondary N) is 1. The Morgan fingerprint density at radius 2 is 2.09 bits per heavy atom. The van der Waals surface area contributed by atoms with Crippen LogP contribution in [0.15, 0.2) is 9.64 Å². The molecule has 2 aliphatic rings. The predicted molar refractivity (Wildman–Crippen MR) is 83.9 cm³/mol. The summed E-state index contributed by atoms with van der Waals surface area (Å²) in [5, 5.41) is 10.6. The maximum absolute atomic E-state index is 12.2. The van der Waals surface area contributed by atoms with Crippen molar-refractivity contribution in [1.29, 1.82) is 0 Å². The van der Waals surface area contributed by atoms with Crippen LogP contribution in [0.5, 0.6) is 0 Å². The number of amides is 3. The van der Waals surface area contributed by atoms with Gasteiger partial charge in [-0.25, -0.2) is 4.79 Å². The Bertz CT molecular complexity index is 573. The maximum Gasteiger partial charge on any atom is 0.324 e. The Morgan fingerprint density at radius 1 is 1.30 bits per heavy atom. The van der Waals surface area contributed by atoms with E-state index < -0.39 is 5.25 Å². The molecule has 0 spiro atoms. The number of rotatable bonds is 5. The standard InChI is InChI=1S/C14H21N5O3S/c1-10(12(20)19-8-5-15-13(19)21)23-14-17-16-11(22-14)9-18-6-3-2-4-7-18/h10H,2-9H2,1H3,(H,15,21)/t10-/m1/s1. The Labute approximate surface area is 139 Å². The second-order valence-corrected chi connectivity index (χ2v) is 7.07. The SMILES string of the molecule is C[C@@H](Sc1nnc(CN2CCCCC2)o1)C(=O)N1CCNC1=O. The quantitative estimate of drug-likeness (QED) is 0.803. The smallest absolute Gasteiger partial charge is 0.324 e. The third-order valence-electron chi connectivity index (χ3n) is 4.00. The first-order valence-electron chi connectivity index (χ1n) is 7.94. The molecule has 9 heteroatoms. The highest BCUT2D eigenvalue weighted by atomic mass is 32.2. The summed E-state index contributed by atoms with van der Waals surface area (Å²) >= 11 is 1.19. The van der Waals surface area contributed by atoms with Crippen LogP contribution in [0.3, 0.4) is 0 Å². The van der Waals surface area contributed by atoms with E-state index in [4.69, 9.17) is 4.42 Å². The summed E-state index contributed by atoms with van der Waals surface area (Å²) in [4.78, 5) is 27.3. The lowest BCUT2D eigenvalue weighted by molar-refractivity contribution is -0.126. The van der Waals surface area contributed by atoms with Gasteiger partial charge in [0.15, 0.2) is 0 Å². The predicted octanol–water partition coefficient (Wildman–Crippen LogP) is 1.09. The molecule has 3 rings (SSSR count). The van der Waals surface area contributed by atoms with Crippen molar-refractivity contribution in [2.45, 2.75) is 43.2 Å². The lowest BCUT2D eigenvalue weighted by Crippen LogP contribution is -2.38. The Balaban J connectivity index is 1.53. The normalized spacial score (nSPS) is 20.6. The minimum Gasteiger partial charge on any atom is -0.415 e. The summed E-state index contributed by atoms with van der Waals surface area (Å²) in [5.41, 5.74) is 0. The molecule has 3 heterocycles. The van der Waals surface area contributed by atoms with Crippen molar-refractivity contribution in [2.75, 3.05) is 26.2 Å². The van der Waals surface area contributed by atoms with E-state index in [1.807, 2.05) is 0 Å². The van der Waals surface area contributed by atoms with Gasteiger partial charge in [0.2, 0.25) is 11.8 Å². The number of likely N-dealkylation sites (tertiary alicyclic amines) is 1. The molecular formula is C14H21N5O3S. The van der Waals surface area contributed by atoms with Crippen molar-refractivity contribution < 1.29 is 14.0 Å². The number of thioether (sulfide) groups is 1. The fourth-order valence-electron chi connectivity index (χ4n) is 2.76. The number of carbonyl (C=O) groups is 2. The average Bonchev–Trinajstić information content (AvgIpc) is 3.16. The van der Waals surface area contributed by atoms with Crippen molar-refractivity contribution >= 4 is 23.7 Å². The van der Waals surface area contributed by atoms with Gasteiger partial charge >= 0.3 is 6.03 Å². The molecule has 2 aliphatic heterocycles. The summed E-state index contributed by atoms with van der Waals surface area (Å²) < 4.78 is 5.62. The maximum atomic E-state index is 12.2. The van der Waals surface area contributed by atoms with Gasteiger partial charge in [-0.2, -0.15) is 0 Å². The Hall–Kier alpha value is -1.61. The van der Waals surface area contributed by atoms with Gasteiger partial charge in [-0.3, -0.25) is 14.6 Å². The molecule has 3 amide bonds. The molecule has 23 heavy (non-hydrogen) atoms. The highest BCUT2D eigenvalue weighted by Crippen LogP contribution is 2.24. The topological polar surface area (TPSA) is 91.6 Å². The number of hydrogen-bond acceptors (Lipinski definition) is 7. The van der Waals surface area contributed by atoms with Crippen LogP contribution in [0.4, 0.5) is 4.79 Å². The van der Waals surface area contributed by atoms with Crippen molar-refractivity contribution in [1.82, 2.24) is 25.3 Å². The molecule has 2 saturated heterocycles. The monoisotopic (exact) mass is 339 g/mol.